The maximum absolute atomic E-state index is 13.2. The number of nitrogens with one attached hydrogen (secondary N) is 1. The van der Waals surface area contributed by atoms with Crippen LogP contribution in [0.4, 0.5) is 0 Å². The zero-order valence-electron chi connectivity index (χ0n) is 17.2. The van der Waals surface area contributed by atoms with Crippen molar-refractivity contribution in [3.8, 4) is 28.4 Å². The van der Waals surface area contributed by atoms with E-state index in [0.29, 0.717) is 30.3 Å². The Morgan fingerprint density at radius 3 is 2.63 bits per heavy atom. The van der Waals surface area contributed by atoms with Crippen LogP contribution in [0.5, 0.6) is 17.2 Å². The fourth-order valence-corrected chi connectivity index (χ4v) is 3.77. The Balaban J connectivity index is 1.70. The molecule has 1 atom stereocenters. The second kappa shape index (κ2) is 8.91. The van der Waals surface area contributed by atoms with Gasteiger partial charge in [0, 0.05) is 23.1 Å². The molecule has 3 aromatic carbocycles. The van der Waals surface area contributed by atoms with Gasteiger partial charge in [0.2, 0.25) is 0 Å². The van der Waals surface area contributed by atoms with Gasteiger partial charge in [-0.1, -0.05) is 48.5 Å². The maximum atomic E-state index is 13.2. The molecule has 0 saturated heterocycles. The second-order valence-electron chi connectivity index (χ2n) is 7.06. The summed E-state index contributed by atoms with van der Waals surface area (Å²) in [7, 11) is 1.61. The number of carbonyl (C=O) groups excluding carboxylic acids is 1. The van der Waals surface area contributed by atoms with Crippen LogP contribution in [-0.4, -0.2) is 26.2 Å². The lowest BCUT2D eigenvalue weighted by Gasteiger charge is -2.27. The highest BCUT2D eigenvalue weighted by Crippen LogP contribution is 2.40. The lowest BCUT2D eigenvalue weighted by atomic mass is 9.98. The molecule has 0 fully saturated rings. The SMILES string of the molecule is CCOc1cc(C(=O)N[C@@H]2CCOc3ccccc32)cc(-c2ccccc2)c1OC. The highest BCUT2D eigenvalue weighted by molar-refractivity contribution is 5.97. The highest BCUT2D eigenvalue weighted by Gasteiger charge is 2.24. The van der Waals surface area contributed by atoms with Crippen LogP contribution < -0.4 is 19.5 Å². The molecular formula is C25H25NO4. The molecule has 1 N–H and O–H groups in total. The number of fused-ring (bicyclic) bond motifs is 1. The molecule has 0 spiro atoms. The van der Waals surface area contributed by atoms with Crippen molar-refractivity contribution in [2.75, 3.05) is 20.3 Å². The van der Waals surface area contributed by atoms with E-state index in [1.807, 2.05) is 67.6 Å². The predicted octanol–water partition coefficient (Wildman–Crippen LogP) is 5.01. The Kier molecular flexibility index (Phi) is 5.89. The van der Waals surface area contributed by atoms with Crippen LogP contribution in [0.1, 0.15) is 35.3 Å². The van der Waals surface area contributed by atoms with Crippen molar-refractivity contribution in [3.63, 3.8) is 0 Å². The number of carbonyl (C=O) groups is 1. The van der Waals surface area contributed by atoms with Crippen LogP contribution in [0.25, 0.3) is 11.1 Å². The van der Waals surface area contributed by atoms with Crippen LogP contribution in [-0.2, 0) is 0 Å². The molecule has 0 radical (unpaired) electrons. The second-order valence-corrected chi connectivity index (χ2v) is 7.06. The van der Waals surface area contributed by atoms with E-state index in [-0.39, 0.29) is 11.9 Å². The first-order chi connectivity index (χ1) is 14.7. The molecule has 4 rings (SSSR count). The average Bonchev–Trinajstić information content (AvgIpc) is 2.79. The van der Waals surface area contributed by atoms with Crippen molar-refractivity contribution < 1.29 is 19.0 Å². The largest absolute Gasteiger partial charge is 0.493 e. The van der Waals surface area contributed by atoms with Crippen LogP contribution in [0, 0.1) is 0 Å². The summed E-state index contributed by atoms with van der Waals surface area (Å²) in [6.07, 6.45) is 0.725. The summed E-state index contributed by atoms with van der Waals surface area (Å²) in [6, 6.07) is 21.2. The average molecular weight is 403 g/mol. The molecule has 30 heavy (non-hydrogen) atoms. The number of rotatable bonds is 6. The summed E-state index contributed by atoms with van der Waals surface area (Å²) < 4.78 is 17.2. The number of amides is 1. The topological polar surface area (TPSA) is 56.8 Å². The minimum Gasteiger partial charge on any atom is -0.493 e. The van der Waals surface area contributed by atoms with Gasteiger partial charge in [0.1, 0.15) is 5.75 Å². The number of hydrogen-bond acceptors (Lipinski definition) is 4. The summed E-state index contributed by atoms with van der Waals surface area (Å²) in [5.41, 5.74) is 3.31. The quantitative estimate of drug-likeness (QED) is 0.628. The molecule has 3 aromatic rings. The van der Waals surface area contributed by atoms with E-state index in [9.17, 15) is 4.79 Å². The molecule has 0 saturated carbocycles. The van der Waals surface area contributed by atoms with Gasteiger partial charge < -0.3 is 19.5 Å². The third-order valence-electron chi connectivity index (χ3n) is 5.17. The van der Waals surface area contributed by atoms with Crippen molar-refractivity contribution >= 4 is 5.91 Å². The minimum atomic E-state index is -0.155. The molecule has 0 unspecified atom stereocenters. The molecule has 5 heteroatoms. The monoisotopic (exact) mass is 403 g/mol. The fraction of sp³-hybridized carbons (Fsp3) is 0.240. The lowest BCUT2D eigenvalue weighted by Crippen LogP contribution is -2.32. The van der Waals surface area contributed by atoms with Crippen LogP contribution in [0.3, 0.4) is 0 Å². The van der Waals surface area contributed by atoms with Crippen molar-refractivity contribution in [1.82, 2.24) is 5.32 Å². The third-order valence-corrected chi connectivity index (χ3v) is 5.17. The van der Waals surface area contributed by atoms with E-state index >= 15 is 0 Å². The van der Waals surface area contributed by atoms with E-state index in [4.69, 9.17) is 14.2 Å². The highest BCUT2D eigenvalue weighted by atomic mass is 16.5. The maximum Gasteiger partial charge on any atom is 0.251 e. The summed E-state index contributed by atoms with van der Waals surface area (Å²) in [5.74, 6) is 1.84. The predicted molar refractivity (Wildman–Crippen MR) is 116 cm³/mol. The Bertz CT molecular complexity index is 1030. The van der Waals surface area contributed by atoms with Crippen molar-refractivity contribution in [2.24, 2.45) is 0 Å². The molecule has 0 bridgehead atoms. The Morgan fingerprint density at radius 2 is 1.87 bits per heavy atom. The molecule has 0 aromatic heterocycles. The summed E-state index contributed by atoms with van der Waals surface area (Å²) in [5, 5.41) is 3.16. The van der Waals surface area contributed by atoms with Gasteiger partial charge in [0.25, 0.3) is 5.91 Å². The minimum absolute atomic E-state index is 0.0970. The molecule has 1 heterocycles. The summed E-state index contributed by atoms with van der Waals surface area (Å²) in [4.78, 5) is 13.2. The summed E-state index contributed by atoms with van der Waals surface area (Å²) in [6.45, 7) is 2.96. The van der Waals surface area contributed by atoms with Gasteiger partial charge in [0.15, 0.2) is 11.5 Å². The number of methoxy groups -OCH3 is 1. The van der Waals surface area contributed by atoms with Crippen molar-refractivity contribution in [3.05, 3.63) is 77.9 Å². The van der Waals surface area contributed by atoms with Gasteiger partial charge in [-0.15, -0.1) is 0 Å². The molecule has 154 valence electrons. The van der Waals surface area contributed by atoms with E-state index in [0.717, 1.165) is 28.9 Å². The number of hydrogen-bond donors (Lipinski definition) is 1. The van der Waals surface area contributed by atoms with E-state index < -0.39 is 0 Å². The van der Waals surface area contributed by atoms with Gasteiger partial charge >= 0.3 is 0 Å². The Hall–Kier alpha value is -3.47. The van der Waals surface area contributed by atoms with Gasteiger partial charge in [-0.2, -0.15) is 0 Å². The zero-order chi connectivity index (χ0) is 20.9. The van der Waals surface area contributed by atoms with Gasteiger partial charge in [-0.3, -0.25) is 4.79 Å². The standard InChI is InChI=1S/C25H25NO4/c1-3-29-23-16-18(15-20(24(23)28-2)17-9-5-4-6-10-17)25(27)26-21-13-14-30-22-12-8-7-11-19(21)22/h4-12,15-16,21H,3,13-14H2,1-2H3,(H,26,27)/t21-/m1/s1. The van der Waals surface area contributed by atoms with Crippen molar-refractivity contribution in [1.29, 1.82) is 0 Å². The first-order valence-corrected chi connectivity index (χ1v) is 10.1. The molecule has 1 amide bonds. The lowest BCUT2D eigenvalue weighted by molar-refractivity contribution is 0.0924. The van der Waals surface area contributed by atoms with Gasteiger partial charge in [0.05, 0.1) is 26.4 Å². The molecule has 1 aliphatic rings. The molecule has 5 nitrogen and oxygen atoms in total. The van der Waals surface area contributed by atoms with Gasteiger partial charge in [-0.25, -0.2) is 0 Å². The summed E-state index contributed by atoms with van der Waals surface area (Å²) >= 11 is 0. The smallest absolute Gasteiger partial charge is 0.251 e. The van der Waals surface area contributed by atoms with Crippen LogP contribution >= 0.6 is 0 Å². The van der Waals surface area contributed by atoms with Crippen LogP contribution in [0.2, 0.25) is 0 Å². The van der Waals surface area contributed by atoms with E-state index in [1.165, 1.54) is 0 Å². The first kappa shape index (κ1) is 19.8. The Morgan fingerprint density at radius 1 is 1.10 bits per heavy atom. The van der Waals surface area contributed by atoms with Gasteiger partial charge in [-0.05, 0) is 30.7 Å². The third kappa shape index (κ3) is 3.96. The van der Waals surface area contributed by atoms with Crippen molar-refractivity contribution in [2.45, 2.75) is 19.4 Å². The molecular weight excluding hydrogens is 378 g/mol. The Labute approximate surface area is 176 Å². The molecule has 0 aliphatic carbocycles. The molecule has 1 aliphatic heterocycles. The van der Waals surface area contributed by atoms with E-state index in [1.54, 1.807) is 13.2 Å². The van der Waals surface area contributed by atoms with Crippen LogP contribution in [0.15, 0.2) is 66.7 Å². The zero-order valence-corrected chi connectivity index (χ0v) is 17.2. The number of ether oxygens (including phenoxy) is 3. The number of para-hydroxylation sites is 1. The fourth-order valence-electron chi connectivity index (χ4n) is 3.77. The first-order valence-electron chi connectivity index (χ1n) is 10.1. The van der Waals surface area contributed by atoms with E-state index in [2.05, 4.69) is 5.32 Å². The number of benzene rings is 3. The normalized spacial score (nSPS) is 14.9.